The van der Waals surface area contributed by atoms with Crippen LogP contribution in [0.15, 0.2) is 41.0 Å². The summed E-state index contributed by atoms with van der Waals surface area (Å²) in [4.78, 5) is 6.11. The monoisotopic (exact) mass is 203 g/mol. The molecule has 2 aromatic rings. The van der Waals surface area contributed by atoms with Crippen LogP contribution in [-0.2, 0) is 6.54 Å². The number of anilines is 2. The van der Waals surface area contributed by atoms with Crippen LogP contribution >= 0.6 is 0 Å². The fourth-order valence-corrected chi connectivity index (χ4v) is 1.31. The van der Waals surface area contributed by atoms with Crippen molar-refractivity contribution in [3.8, 4) is 0 Å². The molecular formula is C11H13N3O. The van der Waals surface area contributed by atoms with Crippen molar-refractivity contribution in [2.75, 3.05) is 11.9 Å². The molecular weight excluding hydrogens is 190 g/mol. The zero-order valence-corrected chi connectivity index (χ0v) is 8.55. The summed E-state index contributed by atoms with van der Waals surface area (Å²) < 4.78 is 5.31. The molecule has 0 radical (unpaired) electrons. The molecule has 0 unspecified atom stereocenters. The second-order valence-electron chi connectivity index (χ2n) is 3.22. The normalized spacial score (nSPS) is 10.3. The topological polar surface area (TPSA) is 55.3 Å². The van der Waals surface area contributed by atoms with Gasteiger partial charge >= 0.3 is 6.01 Å². The molecule has 1 aromatic carbocycles. The Labute approximate surface area is 88.3 Å². The van der Waals surface area contributed by atoms with Crippen LogP contribution in [0.3, 0.4) is 0 Å². The number of nitrogens with two attached hydrogens (primary N) is 1. The van der Waals surface area contributed by atoms with Gasteiger partial charge < -0.3 is 10.2 Å². The van der Waals surface area contributed by atoms with Gasteiger partial charge in [0.25, 0.3) is 0 Å². The summed E-state index contributed by atoms with van der Waals surface area (Å²) in [5.74, 6) is 0. The molecule has 0 atom stereocenters. The van der Waals surface area contributed by atoms with Crippen LogP contribution in [0.25, 0.3) is 0 Å². The molecule has 0 fully saturated rings. The number of nitrogens with zero attached hydrogens (tertiary/aromatic N) is 2. The molecule has 4 heteroatoms. The summed E-state index contributed by atoms with van der Waals surface area (Å²) in [6.45, 7) is 0.395. The Balaban J connectivity index is 2.24. The second-order valence-corrected chi connectivity index (χ2v) is 3.22. The van der Waals surface area contributed by atoms with Crippen molar-refractivity contribution < 1.29 is 4.42 Å². The first-order valence-corrected chi connectivity index (χ1v) is 4.74. The lowest BCUT2D eigenvalue weighted by Crippen LogP contribution is -2.09. The van der Waals surface area contributed by atoms with Crippen LogP contribution in [0.1, 0.15) is 5.69 Å². The third-order valence-electron chi connectivity index (χ3n) is 2.18. The number of rotatable bonds is 3. The van der Waals surface area contributed by atoms with Crippen LogP contribution in [0.5, 0.6) is 0 Å². The van der Waals surface area contributed by atoms with E-state index in [2.05, 4.69) is 4.98 Å². The minimum atomic E-state index is 0.395. The summed E-state index contributed by atoms with van der Waals surface area (Å²) in [6.07, 6.45) is 1.58. The first kappa shape index (κ1) is 9.73. The molecule has 0 amide bonds. The first-order chi connectivity index (χ1) is 7.31. The van der Waals surface area contributed by atoms with E-state index in [1.54, 1.807) is 6.26 Å². The summed E-state index contributed by atoms with van der Waals surface area (Å²) in [7, 11) is 1.90. The van der Waals surface area contributed by atoms with Crippen LogP contribution in [-0.4, -0.2) is 12.0 Å². The molecule has 15 heavy (non-hydrogen) atoms. The highest BCUT2D eigenvalue weighted by Gasteiger charge is 2.09. The van der Waals surface area contributed by atoms with Gasteiger partial charge in [-0.1, -0.05) is 18.2 Å². The van der Waals surface area contributed by atoms with E-state index in [1.165, 1.54) is 0 Å². The van der Waals surface area contributed by atoms with Gasteiger partial charge in [0.1, 0.15) is 6.26 Å². The number of benzene rings is 1. The van der Waals surface area contributed by atoms with Gasteiger partial charge in [-0.05, 0) is 12.1 Å². The average molecular weight is 203 g/mol. The van der Waals surface area contributed by atoms with Crippen molar-refractivity contribution in [1.29, 1.82) is 0 Å². The van der Waals surface area contributed by atoms with E-state index < -0.39 is 0 Å². The maximum absolute atomic E-state index is 5.46. The van der Waals surface area contributed by atoms with Crippen molar-refractivity contribution in [2.45, 2.75) is 6.54 Å². The fraction of sp³-hybridized carbons (Fsp3) is 0.182. The molecule has 0 saturated carbocycles. The van der Waals surface area contributed by atoms with Gasteiger partial charge in [0, 0.05) is 19.3 Å². The largest absolute Gasteiger partial charge is 0.431 e. The van der Waals surface area contributed by atoms with Gasteiger partial charge in [0.05, 0.1) is 5.69 Å². The maximum Gasteiger partial charge on any atom is 0.301 e. The number of aromatic nitrogens is 1. The molecule has 4 nitrogen and oxygen atoms in total. The van der Waals surface area contributed by atoms with Gasteiger partial charge in [0.2, 0.25) is 0 Å². The highest BCUT2D eigenvalue weighted by Crippen LogP contribution is 2.21. The summed E-state index contributed by atoms with van der Waals surface area (Å²) >= 11 is 0. The van der Waals surface area contributed by atoms with Gasteiger partial charge in [-0.2, -0.15) is 4.98 Å². The molecule has 0 aliphatic heterocycles. The molecule has 0 aliphatic carbocycles. The van der Waals surface area contributed by atoms with E-state index >= 15 is 0 Å². The van der Waals surface area contributed by atoms with Gasteiger partial charge in [-0.15, -0.1) is 0 Å². The van der Waals surface area contributed by atoms with Crippen molar-refractivity contribution in [2.24, 2.45) is 5.73 Å². The van der Waals surface area contributed by atoms with E-state index in [0.29, 0.717) is 12.6 Å². The van der Waals surface area contributed by atoms with Crippen LogP contribution in [0.2, 0.25) is 0 Å². The Hall–Kier alpha value is -1.81. The van der Waals surface area contributed by atoms with E-state index in [0.717, 1.165) is 11.4 Å². The van der Waals surface area contributed by atoms with Gasteiger partial charge in [-0.3, -0.25) is 4.90 Å². The lowest BCUT2D eigenvalue weighted by atomic mass is 10.3. The molecule has 0 aliphatic rings. The van der Waals surface area contributed by atoms with E-state index in [9.17, 15) is 0 Å². The molecule has 2 N–H and O–H groups in total. The average Bonchev–Trinajstić information content (AvgIpc) is 2.78. The quantitative estimate of drug-likeness (QED) is 0.827. The molecule has 0 bridgehead atoms. The molecule has 78 valence electrons. The Bertz CT molecular complexity index is 424. The molecule has 0 spiro atoms. The Morgan fingerprint density at radius 3 is 2.67 bits per heavy atom. The standard InChI is InChI=1S/C11H13N3O/c1-14(10-5-3-2-4-6-10)11-13-9(7-12)8-15-11/h2-6,8H,7,12H2,1H3. The fourth-order valence-electron chi connectivity index (χ4n) is 1.31. The maximum atomic E-state index is 5.46. The highest BCUT2D eigenvalue weighted by molar-refractivity contribution is 5.54. The molecule has 1 heterocycles. The molecule has 0 saturated heterocycles. The summed E-state index contributed by atoms with van der Waals surface area (Å²) in [5.41, 5.74) is 7.25. The zero-order valence-electron chi connectivity index (χ0n) is 8.55. The highest BCUT2D eigenvalue weighted by atomic mass is 16.4. The second kappa shape index (κ2) is 4.14. The van der Waals surface area contributed by atoms with Crippen molar-refractivity contribution in [3.63, 3.8) is 0 Å². The third kappa shape index (κ3) is 1.99. The van der Waals surface area contributed by atoms with Crippen LogP contribution < -0.4 is 10.6 Å². The van der Waals surface area contributed by atoms with Gasteiger partial charge in [0.15, 0.2) is 0 Å². The summed E-state index contributed by atoms with van der Waals surface area (Å²) in [5, 5.41) is 0. The Morgan fingerprint density at radius 1 is 1.33 bits per heavy atom. The summed E-state index contributed by atoms with van der Waals surface area (Å²) in [6, 6.07) is 10.5. The van der Waals surface area contributed by atoms with Crippen LogP contribution in [0, 0.1) is 0 Å². The van der Waals surface area contributed by atoms with Gasteiger partial charge in [-0.25, -0.2) is 0 Å². The molecule has 2 rings (SSSR count). The van der Waals surface area contributed by atoms with Crippen LogP contribution in [0.4, 0.5) is 11.7 Å². The SMILES string of the molecule is CN(c1ccccc1)c1nc(CN)co1. The predicted octanol–water partition coefficient (Wildman–Crippen LogP) is 1.90. The van der Waals surface area contributed by atoms with Crippen molar-refractivity contribution in [3.05, 3.63) is 42.3 Å². The van der Waals surface area contributed by atoms with E-state index in [-0.39, 0.29) is 0 Å². The Morgan fingerprint density at radius 2 is 2.07 bits per heavy atom. The lowest BCUT2D eigenvalue weighted by molar-refractivity contribution is 0.559. The molecule has 1 aromatic heterocycles. The number of oxazole rings is 1. The van der Waals surface area contributed by atoms with E-state index in [4.69, 9.17) is 10.2 Å². The van der Waals surface area contributed by atoms with E-state index in [1.807, 2.05) is 42.3 Å². The minimum absolute atomic E-state index is 0.395. The number of hydrogen-bond donors (Lipinski definition) is 1. The lowest BCUT2D eigenvalue weighted by Gasteiger charge is -2.13. The first-order valence-electron chi connectivity index (χ1n) is 4.74. The smallest absolute Gasteiger partial charge is 0.301 e. The third-order valence-corrected chi connectivity index (χ3v) is 2.18. The number of para-hydroxylation sites is 1. The zero-order chi connectivity index (χ0) is 10.7. The Kier molecular flexibility index (Phi) is 2.69. The predicted molar refractivity (Wildman–Crippen MR) is 58.9 cm³/mol. The minimum Gasteiger partial charge on any atom is -0.431 e. The number of hydrogen-bond acceptors (Lipinski definition) is 4. The van der Waals surface area contributed by atoms with Crippen molar-refractivity contribution >= 4 is 11.7 Å². The van der Waals surface area contributed by atoms with Crippen molar-refractivity contribution in [1.82, 2.24) is 4.98 Å².